The first-order chi connectivity index (χ1) is 11.5. The van der Waals surface area contributed by atoms with E-state index < -0.39 is 18.2 Å². The lowest BCUT2D eigenvalue weighted by atomic mass is 10.1. The molecule has 0 aliphatic carbocycles. The molecule has 1 N–H and O–H groups in total. The topological polar surface area (TPSA) is 72.8 Å². The Kier molecular flexibility index (Phi) is 14.1. The molecule has 5 nitrogen and oxygen atoms in total. The van der Waals surface area contributed by atoms with Crippen molar-refractivity contribution in [2.45, 2.75) is 90.8 Å². The SMILES string of the molecule is CCCCCCC#CC(CCCC(O)CC(=O)OCC)OC(C)=O. The summed E-state index contributed by atoms with van der Waals surface area (Å²) >= 11 is 0. The minimum Gasteiger partial charge on any atom is -0.466 e. The Hall–Kier alpha value is -1.54. The number of carbonyl (C=O) groups is 2. The highest BCUT2D eigenvalue weighted by molar-refractivity contribution is 5.69. The quantitative estimate of drug-likeness (QED) is 0.335. The molecule has 2 atom stereocenters. The summed E-state index contributed by atoms with van der Waals surface area (Å²) in [7, 11) is 0. The van der Waals surface area contributed by atoms with Gasteiger partial charge in [0.15, 0.2) is 6.10 Å². The van der Waals surface area contributed by atoms with E-state index in [1.165, 1.54) is 26.2 Å². The van der Waals surface area contributed by atoms with Gasteiger partial charge in [0.05, 0.1) is 19.1 Å². The molecule has 0 aromatic rings. The molecule has 0 saturated heterocycles. The molecule has 2 unspecified atom stereocenters. The lowest BCUT2D eigenvalue weighted by molar-refractivity contribution is -0.145. The highest BCUT2D eigenvalue weighted by atomic mass is 16.5. The molecule has 0 aromatic carbocycles. The van der Waals surface area contributed by atoms with Gasteiger partial charge >= 0.3 is 11.9 Å². The Labute approximate surface area is 146 Å². The summed E-state index contributed by atoms with van der Waals surface area (Å²) in [6.07, 6.45) is 5.91. The van der Waals surface area contributed by atoms with E-state index in [0.717, 1.165) is 12.8 Å². The van der Waals surface area contributed by atoms with Crippen LogP contribution in [0, 0.1) is 11.8 Å². The van der Waals surface area contributed by atoms with Crippen LogP contribution in [-0.4, -0.2) is 35.9 Å². The van der Waals surface area contributed by atoms with Gasteiger partial charge in [-0.3, -0.25) is 9.59 Å². The van der Waals surface area contributed by atoms with Crippen LogP contribution in [0.1, 0.15) is 78.6 Å². The predicted octanol–water partition coefficient (Wildman–Crippen LogP) is 3.38. The van der Waals surface area contributed by atoms with Crippen molar-refractivity contribution in [3.63, 3.8) is 0 Å². The zero-order valence-electron chi connectivity index (χ0n) is 15.3. The van der Waals surface area contributed by atoms with Crippen LogP contribution in [0.4, 0.5) is 0 Å². The summed E-state index contributed by atoms with van der Waals surface area (Å²) in [5, 5.41) is 9.79. The van der Waals surface area contributed by atoms with Crippen LogP contribution in [0.5, 0.6) is 0 Å². The van der Waals surface area contributed by atoms with E-state index in [2.05, 4.69) is 18.8 Å². The molecule has 5 heteroatoms. The minimum atomic E-state index is -0.732. The van der Waals surface area contributed by atoms with Crippen LogP contribution in [0.3, 0.4) is 0 Å². The third-order valence-corrected chi connectivity index (χ3v) is 3.44. The summed E-state index contributed by atoms with van der Waals surface area (Å²) in [4.78, 5) is 22.4. The third kappa shape index (κ3) is 14.1. The lowest BCUT2D eigenvalue weighted by Crippen LogP contribution is -2.18. The zero-order chi connectivity index (χ0) is 18.2. The van der Waals surface area contributed by atoms with E-state index in [-0.39, 0.29) is 12.4 Å². The Morgan fingerprint density at radius 3 is 2.46 bits per heavy atom. The zero-order valence-corrected chi connectivity index (χ0v) is 15.3. The number of esters is 2. The first-order valence-corrected chi connectivity index (χ1v) is 8.98. The molecule has 0 bridgehead atoms. The Morgan fingerprint density at radius 1 is 1.08 bits per heavy atom. The summed E-state index contributed by atoms with van der Waals surface area (Å²) in [5.41, 5.74) is 0. The summed E-state index contributed by atoms with van der Waals surface area (Å²) in [5.74, 6) is 5.32. The van der Waals surface area contributed by atoms with Gasteiger partial charge in [-0.05, 0) is 32.6 Å². The molecule has 138 valence electrons. The van der Waals surface area contributed by atoms with Crippen molar-refractivity contribution in [2.75, 3.05) is 6.61 Å². The minimum absolute atomic E-state index is 0.00478. The predicted molar refractivity (Wildman–Crippen MR) is 93.2 cm³/mol. The van der Waals surface area contributed by atoms with Crippen LogP contribution in [-0.2, 0) is 19.1 Å². The van der Waals surface area contributed by atoms with Crippen LogP contribution in [0.2, 0.25) is 0 Å². The maximum Gasteiger partial charge on any atom is 0.308 e. The Bertz CT molecular complexity index is 408. The van der Waals surface area contributed by atoms with Crippen molar-refractivity contribution >= 4 is 11.9 Å². The number of unbranched alkanes of at least 4 members (excludes halogenated alkanes) is 4. The highest BCUT2D eigenvalue weighted by Gasteiger charge is 2.14. The number of rotatable bonds is 12. The normalized spacial score (nSPS) is 12.7. The second kappa shape index (κ2) is 15.0. The molecular weight excluding hydrogens is 308 g/mol. The average molecular weight is 340 g/mol. The van der Waals surface area contributed by atoms with Gasteiger partial charge in [-0.25, -0.2) is 0 Å². The first kappa shape index (κ1) is 22.5. The highest BCUT2D eigenvalue weighted by Crippen LogP contribution is 2.10. The third-order valence-electron chi connectivity index (χ3n) is 3.44. The Morgan fingerprint density at radius 2 is 1.83 bits per heavy atom. The van der Waals surface area contributed by atoms with E-state index in [0.29, 0.717) is 25.9 Å². The van der Waals surface area contributed by atoms with Crippen molar-refractivity contribution in [3.05, 3.63) is 0 Å². The van der Waals surface area contributed by atoms with Crippen molar-refractivity contribution in [1.29, 1.82) is 0 Å². The first-order valence-electron chi connectivity index (χ1n) is 8.98. The fourth-order valence-electron chi connectivity index (χ4n) is 2.24. The maximum atomic E-state index is 11.3. The number of aliphatic hydroxyl groups excluding tert-OH is 1. The molecule has 0 aromatic heterocycles. The van der Waals surface area contributed by atoms with E-state index >= 15 is 0 Å². The van der Waals surface area contributed by atoms with Gasteiger partial charge in [-0.1, -0.05) is 38.0 Å². The van der Waals surface area contributed by atoms with E-state index in [1.807, 2.05) is 0 Å². The van der Waals surface area contributed by atoms with Crippen molar-refractivity contribution in [3.8, 4) is 11.8 Å². The summed E-state index contributed by atoms with van der Waals surface area (Å²) < 4.78 is 9.99. The molecule has 0 heterocycles. The molecule has 0 spiro atoms. The number of ether oxygens (including phenoxy) is 2. The van der Waals surface area contributed by atoms with Crippen LogP contribution in [0.25, 0.3) is 0 Å². The number of aliphatic hydroxyl groups is 1. The fourth-order valence-corrected chi connectivity index (χ4v) is 2.24. The molecule has 0 radical (unpaired) electrons. The van der Waals surface area contributed by atoms with Gasteiger partial charge in [0.2, 0.25) is 0 Å². The van der Waals surface area contributed by atoms with Crippen LogP contribution in [0.15, 0.2) is 0 Å². The Balaban J connectivity index is 4.12. The molecule has 0 aliphatic heterocycles. The second-order valence-corrected chi connectivity index (χ2v) is 5.82. The van der Waals surface area contributed by atoms with E-state index in [4.69, 9.17) is 9.47 Å². The van der Waals surface area contributed by atoms with Gasteiger partial charge in [0.25, 0.3) is 0 Å². The van der Waals surface area contributed by atoms with Gasteiger partial charge < -0.3 is 14.6 Å². The van der Waals surface area contributed by atoms with Gasteiger partial charge in [0, 0.05) is 13.3 Å². The molecular formula is C19H32O5. The van der Waals surface area contributed by atoms with Crippen molar-refractivity contribution < 1.29 is 24.2 Å². The summed E-state index contributed by atoms with van der Waals surface area (Å²) in [6.45, 7) is 5.58. The molecule has 24 heavy (non-hydrogen) atoms. The smallest absolute Gasteiger partial charge is 0.308 e. The number of hydrogen-bond donors (Lipinski definition) is 1. The number of hydrogen-bond acceptors (Lipinski definition) is 5. The molecule has 0 fully saturated rings. The van der Waals surface area contributed by atoms with Crippen LogP contribution >= 0.6 is 0 Å². The van der Waals surface area contributed by atoms with Crippen molar-refractivity contribution in [1.82, 2.24) is 0 Å². The maximum absolute atomic E-state index is 11.3. The standard InChI is InChI=1S/C19H32O5/c1-4-6-7-8-9-10-13-18(24-16(3)20)14-11-12-17(21)15-19(22)23-5-2/h17-18,21H,4-9,11-12,14-15H2,1-3H3. The van der Waals surface area contributed by atoms with Gasteiger partial charge in [0.1, 0.15) is 0 Å². The summed E-state index contributed by atoms with van der Waals surface area (Å²) in [6, 6.07) is 0. The van der Waals surface area contributed by atoms with Gasteiger partial charge in [-0.2, -0.15) is 0 Å². The molecule has 0 rings (SSSR count). The largest absolute Gasteiger partial charge is 0.466 e. The second-order valence-electron chi connectivity index (χ2n) is 5.82. The van der Waals surface area contributed by atoms with E-state index in [9.17, 15) is 14.7 Å². The van der Waals surface area contributed by atoms with E-state index in [1.54, 1.807) is 6.92 Å². The molecule has 0 amide bonds. The lowest BCUT2D eigenvalue weighted by Gasteiger charge is -2.13. The van der Waals surface area contributed by atoms with Crippen LogP contribution < -0.4 is 0 Å². The monoisotopic (exact) mass is 340 g/mol. The fraction of sp³-hybridized carbons (Fsp3) is 0.789. The number of carbonyl (C=O) groups excluding carboxylic acids is 2. The molecule has 0 aliphatic rings. The van der Waals surface area contributed by atoms with Gasteiger partial charge in [-0.15, -0.1) is 0 Å². The van der Waals surface area contributed by atoms with Crippen molar-refractivity contribution in [2.24, 2.45) is 0 Å². The average Bonchev–Trinajstić information content (AvgIpc) is 2.50. The molecule has 0 saturated carbocycles.